The van der Waals surface area contributed by atoms with Crippen molar-refractivity contribution >= 4 is 19.8 Å². The van der Waals surface area contributed by atoms with Gasteiger partial charge in [-0.3, -0.25) is 14.2 Å². The number of quaternary nitrogens is 1. The van der Waals surface area contributed by atoms with E-state index in [2.05, 4.69) is 172 Å². The van der Waals surface area contributed by atoms with E-state index in [4.69, 9.17) is 18.5 Å². The van der Waals surface area contributed by atoms with Gasteiger partial charge in [-0.2, -0.15) is 0 Å². The fourth-order valence-electron chi connectivity index (χ4n) is 11.0. The molecule has 0 fully saturated rings. The van der Waals surface area contributed by atoms with E-state index in [9.17, 15) is 19.0 Å². The number of carbonyl (C=O) groups excluding carboxylic acids is 2. The molecule has 9 nitrogen and oxygen atoms in total. The number of nitrogens with zero attached hydrogens (tertiary/aromatic N) is 1. The predicted octanol–water partition coefficient (Wildman–Crippen LogP) is 26.4. The van der Waals surface area contributed by atoms with Gasteiger partial charge in [0.05, 0.1) is 27.7 Å². The average molecular weight is 1380 g/mol. The molecule has 0 aliphatic rings. The van der Waals surface area contributed by atoms with Crippen LogP contribution in [0.25, 0.3) is 0 Å². The van der Waals surface area contributed by atoms with Gasteiger partial charge in [-0.15, -0.1) is 0 Å². The van der Waals surface area contributed by atoms with Crippen LogP contribution in [0.15, 0.2) is 158 Å². The molecule has 0 aromatic carbocycles. The van der Waals surface area contributed by atoms with Gasteiger partial charge >= 0.3 is 11.9 Å². The lowest BCUT2D eigenvalue weighted by Gasteiger charge is -2.28. The minimum atomic E-state index is -4.66. The number of rotatable bonds is 73. The number of allylic oxidation sites excluding steroid dienone is 26. The monoisotopic (exact) mass is 1380 g/mol. The number of phosphoric ester groups is 1. The third-order valence-corrected chi connectivity index (χ3v) is 18.0. The topological polar surface area (TPSA) is 111 Å². The molecule has 2 atom stereocenters. The minimum Gasteiger partial charge on any atom is -0.756 e. The van der Waals surface area contributed by atoms with E-state index >= 15 is 0 Å². The highest BCUT2D eigenvalue weighted by atomic mass is 31.2. The Balaban J connectivity index is 3.98. The SMILES string of the molecule is CC/C=C\C/C=C\C/C=C\C/C=C\C/C=C\C/C=C\C/C=C\C/C=C\CCCCCCCCCCC(=O)OC(COC(=O)CCCCCCCCCCCCCCCCCCCCCCCCCCC/C=C\C/C=C\C/C=C\C/C=C\C/C=C\CC)COP(=O)([O-])OCC[N+](C)(C)C. The first-order valence-electron chi connectivity index (χ1n) is 40.2. The van der Waals surface area contributed by atoms with Gasteiger partial charge in [0.25, 0.3) is 7.82 Å². The van der Waals surface area contributed by atoms with Crippen molar-refractivity contribution < 1.29 is 42.1 Å². The van der Waals surface area contributed by atoms with E-state index in [-0.39, 0.29) is 32.0 Å². The van der Waals surface area contributed by atoms with E-state index in [1.54, 1.807) is 0 Å². The van der Waals surface area contributed by atoms with E-state index in [1.807, 2.05) is 21.1 Å². The van der Waals surface area contributed by atoms with E-state index in [0.29, 0.717) is 17.4 Å². The van der Waals surface area contributed by atoms with Gasteiger partial charge < -0.3 is 27.9 Å². The summed E-state index contributed by atoms with van der Waals surface area (Å²) in [5, 5.41) is 0. The maximum atomic E-state index is 12.9. The quantitative estimate of drug-likeness (QED) is 0.0195. The van der Waals surface area contributed by atoms with Crippen molar-refractivity contribution in [1.82, 2.24) is 0 Å². The second-order valence-electron chi connectivity index (χ2n) is 27.7. The summed E-state index contributed by atoms with van der Waals surface area (Å²) in [5.41, 5.74) is 0. The van der Waals surface area contributed by atoms with Crippen LogP contribution < -0.4 is 4.89 Å². The van der Waals surface area contributed by atoms with E-state index in [1.165, 1.54) is 173 Å². The summed E-state index contributed by atoms with van der Waals surface area (Å²) in [6.07, 6.45) is 115. The van der Waals surface area contributed by atoms with Gasteiger partial charge in [0.1, 0.15) is 19.8 Å². The normalized spacial score (nSPS) is 13.9. The first kappa shape index (κ1) is 93.6. The van der Waals surface area contributed by atoms with Crippen molar-refractivity contribution in [3.8, 4) is 0 Å². The highest BCUT2D eigenvalue weighted by molar-refractivity contribution is 7.45. The molecule has 10 heteroatoms. The molecular formula is C88H150NO8P. The van der Waals surface area contributed by atoms with Crippen molar-refractivity contribution in [3.05, 3.63) is 158 Å². The number of esters is 2. The van der Waals surface area contributed by atoms with Gasteiger partial charge in [-0.25, -0.2) is 0 Å². The van der Waals surface area contributed by atoms with Crippen LogP contribution >= 0.6 is 7.82 Å². The number of hydrogen-bond donors (Lipinski definition) is 0. The molecule has 0 saturated heterocycles. The van der Waals surface area contributed by atoms with Crippen LogP contribution in [0.5, 0.6) is 0 Å². The van der Waals surface area contributed by atoms with Crippen molar-refractivity contribution in [2.45, 2.75) is 341 Å². The molecule has 0 heterocycles. The molecule has 0 N–H and O–H groups in total. The minimum absolute atomic E-state index is 0.0378. The van der Waals surface area contributed by atoms with Crippen LogP contribution in [-0.4, -0.2) is 70.0 Å². The largest absolute Gasteiger partial charge is 0.756 e. The molecule has 0 rings (SSSR count). The highest BCUT2D eigenvalue weighted by Gasteiger charge is 2.22. The Hall–Kier alpha value is -4.37. The molecule has 2 unspecified atom stereocenters. The standard InChI is InChI=1S/C88H150NO8P/c1-6-8-10-12-14-16-18-20-22-24-26-28-30-32-34-36-38-40-41-42-43-44-45-46-47-49-50-52-54-56-58-60-62-64-66-68-70-72-74-76-78-80-87(90)94-84-86(85-96-98(92,93)95-83-82-89(3,4)5)97-88(91)81-79-77-75-73-71-69-67-65-63-61-59-57-55-53-51-48-39-37-35-33-31-29-27-25-23-21-19-17-15-13-11-9-7-2/h8-11,14-17,20-23,26-29,32-35,39,48,53,55,59,61,86H,6-7,12-13,18-19,24-25,30-31,36-38,40-47,49-52,54,56-58,60,62-85H2,1-5H3/b10-8-,11-9-,16-14-,17-15-,22-20-,23-21-,28-26-,29-27-,34-32-,35-33-,48-39-,55-53-,61-59-. The third-order valence-electron chi connectivity index (χ3n) is 17.0. The van der Waals surface area contributed by atoms with Gasteiger partial charge in [0, 0.05) is 12.8 Å². The van der Waals surface area contributed by atoms with Gasteiger partial charge in [0.2, 0.25) is 0 Å². The van der Waals surface area contributed by atoms with Crippen LogP contribution in [0.3, 0.4) is 0 Å². The van der Waals surface area contributed by atoms with E-state index in [0.717, 1.165) is 128 Å². The fourth-order valence-corrected chi connectivity index (χ4v) is 11.7. The first-order valence-corrected chi connectivity index (χ1v) is 41.7. The summed E-state index contributed by atoms with van der Waals surface area (Å²) in [5.74, 6) is -0.839. The Kier molecular flexibility index (Phi) is 73.4. The van der Waals surface area contributed by atoms with Crippen LogP contribution in [0.2, 0.25) is 0 Å². The number of hydrogen-bond acceptors (Lipinski definition) is 8. The lowest BCUT2D eigenvalue weighted by Crippen LogP contribution is -2.37. The lowest BCUT2D eigenvalue weighted by atomic mass is 10.0. The number of phosphoric acid groups is 1. The summed E-state index contributed by atoms with van der Waals surface area (Å²) in [6.45, 7) is 4.02. The predicted molar refractivity (Wildman–Crippen MR) is 424 cm³/mol. The molecule has 0 aromatic rings. The van der Waals surface area contributed by atoms with Crippen LogP contribution in [0.1, 0.15) is 335 Å². The Bertz CT molecular complexity index is 2220. The smallest absolute Gasteiger partial charge is 0.306 e. The fraction of sp³-hybridized carbons (Fsp3) is 0.682. The molecule has 0 aliphatic heterocycles. The number of ether oxygens (including phenoxy) is 2. The molecule has 0 aliphatic carbocycles. The maximum absolute atomic E-state index is 12.9. The molecular weight excluding hydrogens is 1230 g/mol. The average Bonchev–Trinajstić information content (AvgIpc) is 1.08. The second kappa shape index (κ2) is 76.8. The summed E-state index contributed by atoms with van der Waals surface area (Å²) in [7, 11) is 1.15. The molecule has 0 radical (unpaired) electrons. The van der Waals surface area contributed by atoms with Crippen molar-refractivity contribution in [2.24, 2.45) is 0 Å². The summed E-state index contributed by atoms with van der Waals surface area (Å²) >= 11 is 0. The highest BCUT2D eigenvalue weighted by Crippen LogP contribution is 2.38. The van der Waals surface area contributed by atoms with Gasteiger partial charge in [-0.1, -0.05) is 358 Å². The molecule has 0 bridgehead atoms. The van der Waals surface area contributed by atoms with Crippen LogP contribution in [0, 0.1) is 0 Å². The molecule has 0 aromatic heterocycles. The molecule has 0 saturated carbocycles. The zero-order valence-corrected chi connectivity index (χ0v) is 64.8. The molecule has 0 amide bonds. The Morgan fingerprint density at radius 1 is 0.316 bits per heavy atom. The molecule has 98 heavy (non-hydrogen) atoms. The summed E-state index contributed by atoms with van der Waals surface area (Å²) in [4.78, 5) is 38.2. The Labute approximate surface area is 605 Å². The Morgan fingerprint density at radius 3 is 0.816 bits per heavy atom. The second-order valence-corrected chi connectivity index (χ2v) is 29.1. The third kappa shape index (κ3) is 80.6. The number of likely N-dealkylation sites (N-methyl/N-ethyl adjacent to an activating group) is 1. The summed E-state index contributed by atoms with van der Waals surface area (Å²) < 4.78 is 34.4. The van der Waals surface area contributed by atoms with Crippen LogP contribution in [0.4, 0.5) is 0 Å². The lowest BCUT2D eigenvalue weighted by molar-refractivity contribution is -0.870. The molecule has 560 valence electrons. The zero-order valence-electron chi connectivity index (χ0n) is 63.9. The maximum Gasteiger partial charge on any atom is 0.306 e. The van der Waals surface area contributed by atoms with Gasteiger partial charge in [-0.05, 0) is 122 Å². The molecule has 0 spiro atoms. The van der Waals surface area contributed by atoms with Crippen molar-refractivity contribution in [3.63, 3.8) is 0 Å². The first-order chi connectivity index (χ1) is 48.0. The summed E-state index contributed by atoms with van der Waals surface area (Å²) in [6, 6.07) is 0. The number of unbranched alkanes of at least 4 members (excludes halogenated alkanes) is 33. The number of carbonyl (C=O) groups is 2. The van der Waals surface area contributed by atoms with Crippen molar-refractivity contribution in [1.29, 1.82) is 0 Å². The Morgan fingerprint density at radius 2 is 0.551 bits per heavy atom. The van der Waals surface area contributed by atoms with Gasteiger partial charge in [0.15, 0.2) is 6.10 Å². The van der Waals surface area contributed by atoms with E-state index < -0.39 is 26.5 Å². The van der Waals surface area contributed by atoms with Crippen LogP contribution in [-0.2, 0) is 32.7 Å². The van der Waals surface area contributed by atoms with Crippen molar-refractivity contribution in [2.75, 3.05) is 47.5 Å². The zero-order chi connectivity index (χ0) is 71.1.